The summed E-state index contributed by atoms with van der Waals surface area (Å²) >= 11 is 0. The van der Waals surface area contributed by atoms with Crippen molar-refractivity contribution in [2.45, 2.75) is 12.8 Å². The number of anilines is 1. The molecule has 88 valence electrons. The van der Waals surface area contributed by atoms with E-state index in [4.69, 9.17) is 10.5 Å². The van der Waals surface area contributed by atoms with Crippen molar-refractivity contribution in [1.29, 1.82) is 0 Å². The van der Waals surface area contributed by atoms with Crippen molar-refractivity contribution in [3.05, 3.63) is 54.2 Å². The second-order valence-corrected chi connectivity index (χ2v) is 3.81. The minimum absolute atomic E-state index is 0.618. The maximum absolute atomic E-state index is 5.76. The van der Waals surface area contributed by atoms with Crippen LogP contribution in [0.2, 0.25) is 0 Å². The van der Waals surface area contributed by atoms with Crippen LogP contribution in [0.4, 0.5) is 5.82 Å². The fourth-order valence-electron chi connectivity index (χ4n) is 1.63. The molecule has 0 aliphatic carbocycles. The molecule has 0 unspecified atom stereocenters. The van der Waals surface area contributed by atoms with E-state index in [1.54, 1.807) is 6.20 Å². The van der Waals surface area contributed by atoms with E-state index in [2.05, 4.69) is 4.98 Å². The summed E-state index contributed by atoms with van der Waals surface area (Å²) in [5.74, 6) is 1.53. The van der Waals surface area contributed by atoms with Crippen molar-refractivity contribution in [2.24, 2.45) is 0 Å². The largest absolute Gasteiger partial charge is 0.494 e. The first kappa shape index (κ1) is 11.5. The van der Waals surface area contributed by atoms with Crippen LogP contribution < -0.4 is 10.5 Å². The van der Waals surface area contributed by atoms with Crippen LogP contribution in [0.25, 0.3) is 0 Å². The predicted octanol–water partition coefficient (Wildman–Crippen LogP) is 2.68. The molecule has 17 heavy (non-hydrogen) atoms. The van der Waals surface area contributed by atoms with Crippen LogP contribution in [0.3, 0.4) is 0 Å². The van der Waals surface area contributed by atoms with Crippen LogP contribution >= 0.6 is 0 Å². The smallest absolute Gasteiger partial charge is 0.126 e. The Labute approximate surface area is 101 Å². The maximum Gasteiger partial charge on any atom is 0.126 e. The number of nitrogen functional groups attached to an aromatic ring is 1. The van der Waals surface area contributed by atoms with Gasteiger partial charge in [0.05, 0.1) is 6.61 Å². The highest BCUT2D eigenvalue weighted by atomic mass is 16.5. The third kappa shape index (κ3) is 3.48. The summed E-state index contributed by atoms with van der Waals surface area (Å²) in [6.07, 6.45) is 3.54. The van der Waals surface area contributed by atoms with Gasteiger partial charge in [-0.3, -0.25) is 0 Å². The molecule has 3 heteroatoms. The minimum Gasteiger partial charge on any atom is -0.494 e. The number of rotatable bonds is 5. The second-order valence-electron chi connectivity index (χ2n) is 3.81. The normalized spacial score (nSPS) is 10.1. The molecule has 0 bridgehead atoms. The van der Waals surface area contributed by atoms with Crippen LogP contribution in [0.15, 0.2) is 48.7 Å². The third-order valence-electron chi connectivity index (χ3n) is 2.53. The van der Waals surface area contributed by atoms with Crippen molar-refractivity contribution < 1.29 is 4.74 Å². The molecule has 1 heterocycles. The molecule has 0 fully saturated rings. The number of aromatic nitrogens is 1. The first-order valence-electron chi connectivity index (χ1n) is 5.73. The summed E-state index contributed by atoms with van der Waals surface area (Å²) in [7, 11) is 0. The Balaban J connectivity index is 1.76. The minimum atomic E-state index is 0.618. The van der Waals surface area contributed by atoms with Gasteiger partial charge in [-0.2, -0.15) is 0 Å². The lowest BCUT2D eigenvalue weighted by molar-refractivity contribution is 0.311. The summed E-state index contributed by atoms with van der Waals surface area (Å²) in [6, 6.07) is 13.7. The lowest BCUT2D eigenvalue weighted by Crippen LogP contribution is -2.02. The summed E-state index contributed by atoms with van der Waals surface area (Å²) in [4.78, 5) is 4.05. The summed E-state index contributed by atoms with van der Waals surface area (Å²) < 4.78 is 5.61. The Morgan fingerprint density at radius 2 is 1.88 bits per heavy atom. The number of benzene rings is 1. The van der Waals surface area contributed by atoms with E-state index in [0.29, 0.717) is 12.4 Å². The number of para-hydroxylation sites is 1. The van der Waals surface area contributed by atoms with E-state index < -0.39 is 0 Å². The molecule has 0 atom stereocenters. The first-order chi connectivity index (χ1) is 8.36. The highest BCUT2D eigenvalue weighted by Gasteiger charge is 1.99. The third-order valence-corrected chi connectivity index (χ3v) is 2.53. The lowest BCUT2D eigenvalue weighted by atomic mass is 10.1. The zero-order valence-corrected chi connectivity index (χ0v) is 9.67. The number of pyridine rings is 1. The van der Waals surface area contributed by atoms with Crippen LogP contribution in [-0.2, 0) is 6.42 Å². The van der Waals surface area contributed by atoms with Crippen molar-refractivity contribution >= 4 is 5.82 Å². The number of aryl methyl sites for hydroxylation is 1. The zero-order chi connectivity index (χ0) is 11.9. The molecular weight excluding hydrogens is 212 g/mol. The molecule has 0 aliphatic rings. The van der Waals surface area contributed by atoms with Gasteiger partial charge in [-0.25, -0.2) is 4.98 Å². The average molecular weight is 228 g/mol. The van der Waals surface area contributed by atoms with Gasteiger partial charge in [0.25, 0.3) is 0 Å². The fourth-order valence-corrected chi connectivity index (χ4v) is 1.63. The van der Waals surface area contributed by atoms with Gasteiger partial charge in [0.1, 0.15) is 11.6 Å². The molecule has 2 rings (SSSR count). The first-order valence-corrected chi connectivity index (χ1v) is 5.73. The van der Waals surface area contributed by atoms with Gasteiger partial charge in [-0.15, -0.1) is 0 Å². The second kappa shape index (κ2) is 5.89. The fraction of sp³-hybridized carbons (Fsp3) is 0.214. The number of nitrogens with zero attached hydrogens (tertiary/aromatic N) is 1. The van der Waals surface area contributed by atoms with Gasteiger partial charge < -0.3 is 10.5 Å². The van der Waals surface area contributed by atoms with Crippen molar-refractivity contribution in [3.8, 4) is 5.75 Å². The molecule has 3 nitrogen and oxygen atoms in total. The number of hydrogen-bond acceptors (Lipinski definition) is 3. The molecule has 1 aromatic carbocycles. The van der Waals surface area contributed by atoms with Crippen LogP contribution in [0.5, 0.6) is 5.75 Å². The van der Waals surface area contributed by atoms with Gasteiger partial charge in [0.15, 0.2) is 0 Å². The van der Waals surface area contributed by atoms with Gasteiger partial charge in [0.2, 0.25) is 0 Å². The molecule has 0 amide bonds. The number of hydrogen-bond donors (Lipinski definition) is 1. The molecule has 2 N–H and O–H groups in total. The Kier molecular flexibility index (Phi) is 3.97. The highest BCUT2D eigenvalue weighted by Crippen LogP contribution is 2.12. The maximum atomic E-state index is 5.76. The van der Waals surface area contributed by atoms with Gasteiger partial charge >= 0.3 is 0 Å². The van der Waals surface area contributed by atoms with Gasteiger partial charge in [0, 0.05) is 6.20 Å². The molecule has 1 aromatic heterocycles. The summed E-state index contributed by atoms with van der Waals surface area (Å²) in [6.45, 7) is 0.693. The van der Waals surface area contributed by atoms with Crippen molar-refractivity contribution in [3.63, 3.8) is 0 Å². The number of nitrogens with two attached hydrogens (primary N) is 1. The van der Waals surface area contributed by atoms with E-state index in [-0.39, 0.29) is 0 Å². The molecular formula is C14H16N2O. The van der Waals surface area contributed by atoms with Crippen LogP contribution in [-0.4, -0.2) is 11.6 Å². The molecule has 0 saturated heterocycles. The topological polar surface area (TPSA) is 48.1 Å². The Hall–Kier alpha value is -2.03. The molecule has 0 aliphatic heterocycles. The average Bonchev–Trinajstić information content (AvgIpc) is 2.38. The van der Waals surface area contributed by atoms with E-state index in [0.717, 1.165) is 24.2 Å². The zero-order valence-electron chi connectivity index (χ0n) is 9.67. The standard InChI is InChI=1S/C14H16N2O/c15-14-12(6-4-10-16-14)7-5-11-17-13-8-2-1-3-9-13/h1-4,6,8-10H,5,7,11H2,(H2,15,16). The monoisotopic (exact) mass is 228 g/mol. The Bertz CT molecular complexity index is 457. The predicted molar refractivity (Wildman–Crippen MR) is 68.9 cm³/mol. The van der Waals surface area contributed by atoms with Crippen LogP contribution in [0, 0.1) is 0 Å². The number of ether oxygens (including phenoxy) is 1. The van der Waals surface area contributed by atoms with Crippen LogP contribution in [0.1, 0.15) is 12.0 Å². The molecule has 0 saturated carbocycles. The van der Waals surface area contributed by atoms with Gasteiger partial charge in [-0.1, -0.05) is 24.3 Å². The van der Waals surface area contributed by atoms with E-state index in [9.17, 15) is 0 Å². The summed E-state index contributed by atoms with van der Waals surface area (Å²) in [5.41, 5.74) is 6.85. The Morgan fingerprint density at radius 3 is 2.65 bits per heavy atom. The molecule has 0 spiro atoms. The van der Waals surface area contributed by atoms with E-state index in [1.165, 1.54) is 0 Å². The van der Waals surface area contributed by atoms with E-state index in [1.807, 2.05) is 42.5 Å². The molecule has 0 radical (unpaired) electrons. The van der Waals surface area contributed by atoms with Gasteiger partial charge in [-0.05, 0) is 36.6 Å². The van der Waals surface area contributed by atoms with Crippen molar-refractivity contribution in [2.75, 3.05) is 12.3 Å². The molecule has 2 aromatic rings. The lowest BCUT2D eigenvalue weighted by Gasteiger charge is -2.06. The highest BCUT2D eigenvalue weighted by molar-refractivity contribution is 5.38. The SMILES string of the molecule is Nc1ncccc1CCCOc1ccccc1. The quantitative estimate of drug-likeness (QED) is 0.800. The van der Waals surface area contributed by atoms with Crippen molar-refractivity contribution in [1.82, 2.24) is 4.98 Å². The Morgan fingerprint density at radius 1 is 1.06 bits per heavy atom. The summed E-state index contributed by atoms with van der Waals surface area (Å²) in [5, 5.41) is 0. The van der Waals surface area contributed by atoms with E-state index >= 15 is 0 Å².